The molecule has 1 unspecified atom stereocenters. The molecular formula is C18H28IN3S. The lowest BCUT2D eigenvalue weighted by atomic mass is 10.0. The van der Waals surface area contributed by atoms with Crippen LogP contribution in [0.4, 0.5) is 0 Å². The molecule has 23 heavy (non-hydrogen) atoms. The van der Waals surface area contributed by atoms with Gasteiger partial charge in [-0.1, -0.05) is 48.9 Å². The molecule has 1 heterocycles. The summed E-state index contributed by atoms with van der Waals surface area (Å²) >= 11 is 1.88. The molecule has 1 aliphatic heterocycles. The zero-order valence-corrected chi connectivity index (χ0v) is 17.4. The van der Waals surface area contributed by atoms with E-state index in [0.29, 0.717) is 5.25 Å². The lowest BCUT2D eigenvalue weighted by Crippen LogP contribution is -2.45. The van der Waals surface area contributed by atoms with Crippen LogP contribution in [-0.4, -0.2) is 49.0 Å². The molecular weight excluding hydrogens is 417 g/mol. The van der Waals surface area contributed by atoms with Gasteiger partial charge in [-0.15, -0.1) is 24.0 Å². The Hall–Kier alpha value is -0.690. The molecule has 1 saturated heterocycles. The van der Waals surface area contributed by atoms with E-state index in [1.165, 1.54) is 11.1 Å². The Morgan fingerprint density at radius 2 is 1.96 bits per heavy atom. The van der Waals surface area contributed by atoms with Crippen molar-refractivity contribution < 1.29 is 0 Å². The van der Waals surface area contributed by atoms with Crippen LogP contribution in [-0.2, 0) is 0 Å². The Kier molecular flexibility index (Phi) is 9.71. The number of aliphatic imine (C=N–C) groups is 1. The number of nitrogens with zero attached hydrogens (tertiary/aromatic N) is 2. The zero-order chi connectivity index (χ0) is 15.8. The minimum atomic E-state index is 0. The van der Waals surface area contributed by atoms with Crippen molar-refractivity contribution in [1.29, 1.82) is 0 Å². The van der Waals surface area contributed by atoms with E-state index in [9.17, 15) is 0 Å². The normalized spacial score (nSPS) is 16.6. The average molecular weight is 445 g/mol. The quantitative estimate of drug-likeness (QED) is 0.430. The van der Waals surface area contributed by atoms with E-state index in [4.69, 9.17) is 0 Å². The van der Waals surface area contributed by atoms with Crippen molar-refractivity contribution in [2.24, 2.45) is 4.99 Å². The standard InChI is InChI=1S/C18H27N3S.HI/c1-15(22-3)14-20-18(19-2)21-11-9-17(10-12-21)13-16-7-5-4-6-8-16;/h4-8,13,15H,9-12,14H2,1-3H3,(H,19,20);1H. The van der Waals surface area contributed by atoms with Crippen molar-refractivity contribution in [3.05, 3.63) is 41.5 Å². The first-order chi connectivity index (χ1) is 10.7. The fraction of sp³-hybridized carbons (Fsp3) is 0.500. The minimum absolute atomic E-state index is 0. The van der Waals surface area contributed by atoms with Gasteiger partial charge in [0, 0.05) is 31.9 Å². The summed E-state index contributed by atoms with van der Waals surface area (Å²) in [5, 5.41) is 4.10. The van der Waals surface area contributed by atoms with Crippen molar-refractivity contribution in [3.63, 3.8) is 0 Å². The molecule has 1 aromatic carbocycles. The molecule has 0 aromatic heterocycles. The maximum absolute atomic E-state index is 4.43. The smallest absolute Gasteiger partial charge is 0.193 e. The Bertz CT molecular complexity index is 506. The number of hydrogen-bond donors (Lipinski definition) is 1. The number of hydrogen-bond acceptors (Lipinski definition) is 2. The maximum atomic E-state index is 4.43. The number of benzene rings is 1. The molecule has 128 valence electrons. The van der Waals surface area contributed by atoms with Gasteiger partial charge in [0.05, 0.1) is 0 Å². The van der Waals surface area contributed by atoms with Crippen molar-refractivity contribution >= 4 is 47.8 Å². The molecule has 1 aliphatic rings. The van der Waals surface area contributed by atoms with Crippen LogP contribution in [0.1, 0.15) is 25.3 Å². The topological polar surface area (TPSA) is 27.6 Å². The van der Waals surface area contributed by atoms with Crippen molar-refractivity contribution in [2.75, 3.05) is 32.9 Å². The van der Waals surface area contributed by atoms with Crippen molar-refractivity contribution in [2.45, 2.75) is 25.0 Å². The fourth-order valence-corrected chi connectivity index (χ4v) is 2.84. The number of halogens is 1. The minimum Gasteiger partial charge on any atom is -0.355 e. The first kappa shape index (κ1) is 20.4. The highest BCUT2D eigenvalue weighted by atomic mass is 127. The Morgan fingerprint density at radius 1 is 1.30 bits per heavy atom. The molecule has 1 atom stereocenters. The summed E-state index contributed by atoms with van der Waals surface area (Å²) in [7, 11) is 1.88. The molecule has 0 aliphatic carbocycles. The molecule has 0 amide bonds. The van der Waals surface area contributed by atoms with E-state index in [0.717, 1.165) is 38.4 Å². The highest BCUT2D eigenvalue weighted by Crippen LogP contribution is 2.19. The van der Waals surface area contributed by atoms with E-state index < -0.39 is 0 Å². The van der Waals surface area contributed by atoms with E-state index in [-0.39, 0.29) is 24.0 Å². The van der Waals surface area contributed by atoms with Crippen LogP contribution < -0.4 is 5.32 Å². The zero-order valence-electron chi connectivity index (χ0n) is 14.3. The molecule has 1 fully saturated rings. The molecule has 1 N–H and O–H groups in total. The van der Waals surface area contributed by atoms with Crippen LogP contribution >= 0.6 is 35.7 Å². The number of thioether (sulfide) groups is 1. The van der Waals surface area contributed by atoms with Gasteiger partial charge >= 0.3 is 0 Å². The van der Waals surface area contributed by atoms with Crippen molar-refractivity contribution in [1.82, 2.24) is 10.2 Å². The number of guanidine groups is 1. The molecule has 2 rings (SSSR count). The van der Waals surface area contributed by atoms with E-state index in [1.54, 1.807) is 0 Å². The molecule has 3 nitrogen and oxygen atoms in total. The van der Waals surface area contributed by atoms with Crippen LogP contribution in [0.3, 0.4) is 0 Å². The van der Waals surface area contributed by atoms with Crippen molar-refractivity contribution in [3.8, 4) is 0 Å². The second-order valence-electron chi connectivity index (χ2n) is 5.67. The summed E-state index contributed by atoms with van der Waals surface area (Å²) < 4.78 is 0. The van der Waals surface area contributed by atoms with Gasteiger partial charge in [-0.2, -0.15) is 11.8 Å². The summed E-state index contributed by atoms with van der Waals surface area (Å²) in [5.41, 5.74) is 2.85. The largest absolute Gasteiger partial charge is 0.355 e. The first-order valence-corrected chi connectivity index (χ1v) is 9.24. The molecule has 0 spiro atoms. The molecule has 1 aromatic rings. The van der Waals surface area contributed by atoms with Gasteiger partial charge in [-0.3, -0.25) is 4.99 Å². The van der Waals surface area contributed by atoms with Gasteiger partial charge in [-0.05, 0) is 24.7 Å². The third kappa shape index (κ3) is 6.75. The average Bonchev–Trinajstić information content (AvgIpc) is 2.57. The predicted molar refractivity (Wildman–Crippen MR) is 115 cm³/mol. The van der Waals surface area contributed by atoms with E-state index in [2.05, 4.69) is 64.8 Å². The van der Waals surface area contributed by atoms with Crippen LogP contribution in [0.25, 0.3) is 6.08 Å². The van der Waals surface area contributed by atoms with Gasteiger partial charge in [0.1, 0.15) is 0 Å². The number of rotatable bonds is 4. The van der Waals surface area contributed by atoms with E-state index in [1.807, 2.05) is 18.8 Å². The molecule has 5 heteroatoms. The maximum Gasteiger partial charge on any atom is 0.193 e. The Labute approximate surface area is 162 Å². The Balaban J connectivity index is 0.00000264. The third-order valence-corrected chi connectivity index (χ3v) is 5.01. The van der Waals surface area contributed by atoms with E-state index >= 15 is 0 Å². The van der Waals surface area contributed by atoms with Gasteiger partial charge in [0.15, 0.2) is 5.96 Å². The summed E-state index contributed by atoms with van der Waals surface area (Å²) in [5.74, 6) is 1.04. The third-order valence-electron chi connectivity index (χ3n) is 4.04. The van der Waals surface area contributed by atoms with Gasteiger partial charge in [-0.25, -0.2) is 0 Å². The number of piperidine rings is 1. The second-order valence-corrected chi connectivity index (χ2v) is 6.95. The van der Waals surface area contributed by atoms with Crippen LogP contribution in [0.15, 0.2) is 40.9 Å². The summed E-state index contributed by atoms with van der Waals surface area (Å²) in [6.45, 7) is 5.30. The van der Waals surface area contributed by atoms with Crippen LogP contribution in [0.2, 0.25) is 0 Å². The highest BCUT2D eigenvalue weighted by Gasteiger charge is 2.17. The lowest BCUT2D eigenvalue weighted by Gasteiger charge is -2.32. The van der Waals surface area contributed by atoms with Gasteiger partial charge in [0.25, 0.3) is 0 Å². The summed E-state index contributed by atoms with van der Waals surface area (Å²) in [4.78, 5) is 6.80. The summed E-state index contributed by atoms with van der Waals surface area (Å²) in [6.07, 6.45) is 6.72. The van der Waals surface area contributed by atoms with Gasteiger partial charge in [0.2, 0.25) is 0 Å². The first-order valence-electron chi connectivity index (χ1n) is 7.96. The molecule has 0 radical (unpaired) electrons. The predicted octanol–water partition coefficient (Wildman–Crippen LogP) is 4.11. The second kappa shape index (κ2) is 11.0. The monoisotopic (exact) mass is 445 g/mol. The van der Waals surface area contributed by atoms with Gasteiger partial charge < -0.3 is 10.2 Å². The number of likely N-dealkylation sites (tertiary alicyclic amines) is 1. The number of nitrogens with one attached hydrogen (secondary N) is 1. The van der Waals surface area contributed by atoms with Crippen LogP contribution in [0.5, 0.6) is 0 Å². The van der Waals surface area contributed by atoms with Crippen LogP contribution in [0, 0.1) is 0 Å². The summed E-state index contributed by atoms with van der Waals surface area (Å²) in [6, 6.07) is 10.6. The molecule has 0 saturated carbocycles. The SMILES string of the molecule is CN=C(NCC(C)SC)N1CCC(=Cc2ccccc2)CC1.I. The Morgan fingerprint density at radius 3 is 2.52 bits per heavy atom. The molecule has 0 bridgehead atoms. The lowest BCUT2D eigenvalue weighted by molar-refractivity contribution is 0.376. The fourth-order valence-electron chi connectivity index (χ4n) is 2.59. The highest BCUT2D eigenvalue weighted by molar-refractivity contribution is 14.0.